The van der Waals surface area contributed by atoms with Crippen LogP contribution in [0.15, 0.2) is 18.2 Å². The molecule has 1 rings (SSSR count). The lowest BCUT2D eigenvalue weighted by molar-refractivity contribution is 0.131. The van der Waals surface area contributed by atoms with E-state index in [1.54, 1.807) is 0 Å². The zero-order valence-electron chi connectivity index (χ0n) is 13.3. The summed E-state index contributed by atoms with van der Waals surface area (Å²) in [6.07, 6.45) is 2.95. The third-order valence-electron chi connectivity index (χ3n) is 3.87. The van der Waals surface area contributed by atoms with Crippen molar-refractivity contribution in [3.8, 4) is 5.75 Å². The van der Waals surface area contributed by atoms with E-state index in [0.717, 1.165) is 42.7 Å². The van der Waals surface area contributed by atoms with Gasteiger partial charge < -0.3 is 15.6 Å². The Balaban J connectivity index is 2.74. The summed E-state index contributed by atoms with van der Waals surface area (Å²) in [5.74, 6) is 0.949. The first-order valence-corrected chi connectivity index (χ1v) is 7.49. The number of aryl methyl sites for hydroxylation is 1. The molecule has 3 N–H and O–H groups in total. The minimum atomic E-state index is -0.270. The Morgan fingerprint density at radius 2 is 2.05 bits per heavy atom. The zero-order valence-corrected chi connectivity index (χ0v) is 13.3. The summed E-state index contributed by atoms with van der Waals surface area (Å²) in [7, 11) is 0. The standard InChI is InChI=1S/C17H29NO2/c1-5-6-9-20-15-10-14(8-7-13(15)2)11-16(18)17(3,4)12-19/h7-8,10,16,19H,5-6,9,11-12,18H2,1-4H3. The molecule has 0 aliphatic rings. The third-order valence-corrected chi connectivity index (χ3v) is 3.87. The molecule has 0 aromatic heterocycles. The molecule has 0 saturated carbocycles. The van der Waals surface area contributed by atoms with Gasteiger partial charge in [-0.25, -0.2) is 0 Å². The van der Waals surface area contributed by atoms with Crippen LogP contribution in [0.25, 0.3) is 0 Å². The normalized spacial score (nSPS) is 13.3. The number of nitrogens with two attached hydrogens (primary N) is 1. The van der Waals surface area contributed by atoms with Gasteiger partial charge in [0, 0.05) is 18.1 Å². The van der Waals surface area contributed by atoms with Gasteiger partial charge in [-0.3, -0.25) is 0 Å². The minimum absolute atomic E-state index is 0.0707. The number of aliphatic hydroxyl groups is 1. The lowest BCUT2D eigenvalue weighted by atomic mass is 9.82. The van der Waals surface area contributed by atoms with Gasteiger partial charge in [-0.05, 0) is 37.0 Å². The van der Waals surface area contributed by atoms with Gasteiger partial charge in [0.2, 0.25) is 0 Å². The van der Waals surface area contributed by atoms with Crippen molar-refractivity contribution in [3.05, 3.63) is 29.3 Å². The second kappa shape index (κ2) is 7.65. The summed E-state index contributed by atoms with van der Waals surface area (Å²) >= 11 is 0. The molecule has 3 nitrogen and oxygen atoms in total. The van der Waals surface area contributed by atoms with Crippen molar-refractivity contribution in [2.45, 2.75) is 53.0 Å². The van der Waals surface area contributed by atoms with E-state index in [9.17, 15) is 5.11 Å². The van der Waals surface area contributed by atoms with E-state index in [0.29, 0.717) is 0 Å². The van der Waals surface area contributed by atoms with Crippen LogP contribution in [0.4, 0.5) is 0 Å². The van der Waals surface area contributed by atoms with Crippen LogP contribution >= 0.6 is 0 Å². The van der Waals surface area contributed by atoms with Crippen molar-refractivity contribution < 1.29 is 9.84 Å². The summed E-state index contributed by atoms with van der Waals surface area (Å²) in [4.78, 5) is 0. The fraction of sp³-hybridized carbons (Fsp3) is 0.647. The van der Waals surface area contributed by atoms with Crippen LogP contribution in [0.3, 0.4) is 0 Å². The first-order valence-electron chi connectivity index (χ1n) is 7.49. The van der Waals surface area contributed by atoms with Crippen molar-refractivity contribution in [2.75, 3.05) is 13.2 Å². The lowest BCUT2D eigenvalue weighted by Crippen LogP contribution is -2.41. The van der Waals surface area contributed by atoms with E-state index in [1.807, 2.05) is 13.8 Å². The van der Waals surface area contributed by atoms with Gasteiger partial charge in [0.15, 0.2) is 0 Å². The SMILES string of the molecule is CCCCOc1cc(CC(N)C(C)(C)CO)ccc1C. The predicted octanol–water partition coefficient (Wildman–Crippen LogP) is 3.06. The molecule has 0 spiro atoms. The molecule has 1 aromatic rings. The summed E-state index contributed by atoms with van der Waals surface area (Å²) in [6, 6.07) is 6.18. The number of benzene rings is 1. The Hall–Kier alpha value is -1.06. The molecule has 1 aromatic carbocycles. The summed E-state index contributed by atoms with van der Waals surface area (Å²) in [5.41, 5.74) is 8.25. The maximum atomic E-state index is 9.38. The first kappa shape index (κ1) is 17.0. The van der Waals surface area contributed by atoms with E-state index in [1.165, 1.54) is 0 Å². The molecule has 0 heterocycles. The van der Waals surface area contributed by atoms with Crippen molar-refractivity contribution >= 4 is 0 Å². The number of ether oxygens (including phenoxy) is 1. The maximum absolute atomic E-state index is 9.38. The van der Waals surface area contributed by atoms with Gasteiger partial charge in [-0.15, -0.1) is 0 Å². The molecular weight excluding hydrogens is 250 g/mol. The summed E-state index contributed by atoms with van der Waals surface area (Å²) < 4.78 is 5.82. The second-order valence-corrected chi connectivity index (χ2v) is 6.26. The van der Waals surface area contributed by atoms with Gasteiger partial charge in [-0.2, -0.15) is 0 Å². The highest BCUT2D eigenvalue weighted by molar-refractivity contribution is 5.37. The van der Waals surface area contributed by atoms with Crippen LogP contribution in [0.5, 0.6) is 5.75 Å². The molecule has 0 amide bonds. The van der Waals surface area contributed by atoms with Crippen LogP contribution in [-0.4, -0.2) is 24.4 Å². The highest BCUT2D eigenvalue weighted by atomic mass is 16.5. The van der Waals surface area contributed by atoms with Gasteiger partial charge in [0.05, 0.1) is 6.61 Å². The molecule has 0 fully saturated rings. The topological polar surface area (TPSA) is 55.5 Å². The average molecular weight is 279 g/mol. The molecule has 0 saturated heterocycles. The van der Waals surface area contributed by atoms with Crippen molar-refractivity contribution in [1.29, 1.82) is 0 Å². The smallest absolute Gasteiger partial charge is 0.122 e. The molecule has 0 bridgehead atoms. The van der Waals surface area contributed by atoms with Crippen LogP contribution in [0.1, 0.15) is 44.7 Å². The molecule has 0 radical (unpaired) electrons. The molecular formula is C17H29NO2. The first-order chi connectivity index (χ1) is 9.40. The lowest BCUT2D eigenvalue weighted by Gasteiger charge is -2.29. The minimum Gasteiger partial charge on any atom is -0.493 e. The van der Waals surface area contributed by atoms with Crippen LogP contribution in [0.2, 0.25) is 0 Å². The molecule has 0 aliphatic carbocycles. The number of hydrogen-bond donors (Lipinski definition) is 2. The number of aliphatic hydroxyl groups excluding tert-OH is 1. The largest absolute Gasteiger partial charge is 0.493 e. The van der Waals surface area contributed by atoms with Crippen molar-refractivity contribution in [3.63, 3.8) is 0 Å². The fourth-order valence-electron chi connectivity index (χ4n) is 1.90. The highest BCUT2D eigenvalue weighted by Gasteiger charge is 2.25. The predicted molar refractivity (Wildman–Crippen MR) is 84.1 cm³/mol. The Kier molecular flexibility index (Phi) is 6.50. The Labute approximate surface area is 123 Å². The summed E-state index contributed by atoms with van der Waals surface area (Å²) in [6.45, 7) is 9.05. The van der Waals surface area contributed by atoms with Crippen LogP contribution in [-0.2, 0) is 6.42 Å². The van der Waals surface area contributed by atoms with Gasteiger partial charge in [0.1, 0.15) is 5.75 Å². The molecule has 20 heavy (non-hydrogen) atoms. The Morgan fingerprint density at radius 3 is 2.65 bits per heavy atom. The van der Waals surface area contributed by atoms with Crippen LogP contribution < -0.4 is 10.5 Å². The molecule has 3 heteroatoms. The molecule has 1 unspecified atom stereocenters. The molecule has 114 valence electrons. The van der Waals surface area contributed by atoms with Crippen molar-refractivity contribution in [1.82, 2.24) is 0 Å². The van der Waals surface area contributed by atoms with E-state index >= 15 is 0 Å². The van der Waals surface area contributed by atoms with Gasteiger partial charge in [-0.1, -0.05) is 39.3 Å². The number of rotatable bonds is 8. The third kappa shape index (κ3) is 4.80. The van der Waals surface area contributed by atoms with E-state index in [4.69, 9.17) is 10.5 Å². The van der Waals surface area contributed by atoms with E-state index in [-0.39, 0.29) is 18.1 Å². The Morgan fingerprint density at radius 1 is 1.35 bits per heavy atom. The maximum Gasteiger partial charge on any atom is 0.122 e. The second-order valence-electron chi connectivity index (χ2n) is 6.26. The number of hydrogen-bond acceptors (Lipinski definition) is 3. The molecule has 0 aliphatic heterocycles. The summed E-state index contributed by atoms with van der Waals surface area (Å²) in [5, 5.41) is 9.38. The number of unbranched alkanes of at least 4 members (excludes halogenated alkanes) is 1. The van der Waals surface area contributed by atoms with E-state index < -0.39 is 0 Å². The highest BCUT2D eigenvalue weighted by Crippen LogP contribution is 2.25. The van der Waals surface area contributed by atoms with Crippen LogP contribution in [0, 0.1) is 12.3 Å². The average Bonchev–Trinajstić information content (AvgIpc) is 2.42. The quantitative estimate of drug-likeness (QED) is 0.719. The molecule has 1 atom stereocenters. The van der Waals surface area contributed by atoms with Crippen molar-refractivity contribution in [2.24, 2.45) is 11.1 Å². The van der Waals surface area contributed by atoms with Gasteiger partial charge >= 0.3 is 0 Å². The zero-order chi connectivity index (χ0) is 15.2. The Bertz CT molecular complexity index is 415. The van der Waals surface area contributed by atoms with E-state index in [2.05, 4.69) is 32.0 Å². The van der Waals surface area contributed by atoms with Gasteiger partial charge in [0.25, 0.3) is 0 Å². The monoisotopic (exact) mass is 279 g/mol. The fourth-order valence-corrected chi connectivity index (χ4v) is 1.90.